The van der Waals surface area contributed by atoms with Gasteiger partial charge < -0.3 is 10.4 Å². The second-order valence-electron chi connectivity index (χ2n) is 6.56. The molecule has 2 rings (SSSR count). The van der Waals surface area contributed by atoms with Gasteiger partial charge in [-0.3, -0.25) is 9.48 Å². The number of carboxylic acid groups (broad SMARTS) is 1. The van der Waals surface area contributed by atoms with Crippen LogP contribution in [0, 0.1) is 11.7 Å². The van der Waals surface area contributed by atoms with E-state index in [-0.39, 0.29) is 17.6 Å². The third-order valence-corrected chi connectivity index (χ3v) is 4.20. The molecule has 0 fully saturated rings. The summed E-state index contributed by atoms with van der Waals surface area (Å²) in [7, 11) is 0. The Morgan fingerprint density at radius 1 is 1.36 bits per heavy atom. The molecular weight excluding hydrogens is 325 g/mol. The van der Waals surface area contributed by atoms with E-state index in [0.29, 0.717) is 24.1 Å². The summed E-state index contributed by atoms with van der Waals surface area (Å²) in [6.45, 7) is 4.80. The Hall–Kier alpha value is -2.70. The number of halogens is 1. The van der Waals surface area contributed by atoms with Crippen molar-refractivity contribution in [2.75, 3.05) is 5.32 Å². The second kappa shape index (κ2) is 7.46. The number of carbonyl (C=O) groups excluding carboxylic acids is 1. The maximum Gasteiger partial charge on any atom is 0.331 e. The number of amides is 1. The van der Waals surface area contributed by atoms with E-state index < -0.39 is 11.5 Å². The first-order valence-electron chi connectivity index (χ1n) is 8.04. The molecule has 1 unspecified atom stereocenters. The van der Waals surface area contributed by atoms with Gasteiger partial charge >= 0.3 is 5.97 Å². The Bertz CT molecular complexity index is 770. The average Bonchev–Trinajstić information content (AvgIpc) is 3.02. The number of anilines is 1. The Balaban J connectivity index is 1.94. The van der Waals surface area contributed by atoms with Gasteiger partial charge in [0.25, 0.3) is 0 Å². The highest BCUT2D eigenvalue weighted by Gasteiger charge is 2.30. The van der Waals surface area contributed by atoms with Gasteiger partial charge in [-0.2, -0.15) is 5.10 Å². The van der Waals surface area contributed by atoms with Gasteiger partial charge in [0.2, 0.25) is 5.91 Å². The van der Waals surface area contributed by atoms with Gasteiger partial charge in [-0.15, -0.1) is 0 Å². The lowest BCUT2D eigenvalue weighted by atomic mass is 10.00. The Morgan fingerprint density at radius 2 is 2.04 bits per heavy atom. The van der Waals surface area contributed by atoms with Crippen molar-refractivity contribution in [2.45, 2.75) is 39.2 Å². The monoisotopic (exact) mass is 347 g/mol. The molecule has 0 saturated heterocycles. The van der Waals surface area contributed by atoms with Crippen molar-refractivity contribution in [1.82, 2.24) is 9.78 Å². The fourth-order valence-corrected chi connectivity index (χ4v) is 2.26. The van der Waals surface area contributed by atoms with Crippen LogP contribution in [0.5, 0.6) is 0 Å². The molecule has 25 heavy (non-hydrogen) atoms. The lowest BCUT2D eigenvalue weighted by Crippen LogP contribution is -2.35. The zero-order valence-corrected chi connectivity index (χ0v) is 14.5. The molecule has 6 nitrogen and oxygen atoms in total. The molecule has 0 spiro atoms. The van der Waals surface area contributed by atoms with Gasteiger partial charge in [0, 0.05) is 12.1 Å². The molecule has 2 aromatic rings. The summed E-state index contributed by atoms with van der Waals surface area (Å²) < 4.78 is 14.9. The van der Waals surface area contributed by atoms with E-state index in [4.69, 9.17) is 0 Å². The Labute approximate surface area is 145 Å². The van der Waals surface area contributed by atoms with Crippen LogP contribution in [0.15, 0.2) is 36.7 Å². The number of nitrogens with zero attached hydrogens (tertiary/aromatic N) is 2. The molecule has 1 heterocycles. The average molecular weight is 347 g/mol. The molecule has 1 atom stereocenters. The van der Waals surface area contributed by atoms with Crippen LogP contribution >= 0.6 is 0 Å². The van der Waals surface area contributed by atoms with Crippen molar-refractivity contribution >= 4 is 17.6 Å². The molecule has 2 N–H and O–H groups in total. The summed E-state index contributed by atoms with van der Waals surface area (Å²) in [4.78, 5) is 23.5. The number of hydrogen-bond acceptors (Lipinski definition) is 3. The van der Waals surface area contributed by atoms with E-state index >= 15 is 0 Å². The largest absolute Gasteiger partial charge is 0.479 e. The highest BCUT2D eigenvalue weighted by Crippen LogP contribution is 2.19. The van der Waals surface area contributed by atoms with E-state index in [0.717, 1.165) is 0 Å². The second-order valence-corrected chi connectivity index (χ2v) is 6.56. The fourth-order valence-electron chi connectivity index (χ4n) is 2.26. The van der Waals surface area contributed by atoms with Crippen LogP contribution < -0.4 is 5.32 Å². The minimum Gasteiger partial charge on any atom is -0.479 e. The number of hydrogen-bond donors (Lipinski definition) is 2. The molecule has 0 aliphatic heterocycles. The zero-order valence-electron chi connectivity index (χ0n) is 14.5. The first kappa shape index (κ1) is 18.6. The van der Waals surface area contributed by atoms with Crippen molar-refractivity contribution < 1.29 is 19.1 Å². The number of aryl methyl sites for hydroxylation is 1. The molecular formula is C18H22FN3O3. The van der Waals surface area contributed by atoms with Crippen LogP contribution in [-0.4, -0.2) is 26.8 Å². The molecule has 0 radical (unpaired) electrons. The lowest BCUT2D eigenvalue weighted by Gasteiger charge is -2.19. The van der Waals surface area contributed by atoms with Crippen LogP contribution in [0.25, 0.3) is 0 Å². The third-order valence-electron chi connectivity index (χ3n) is 4.20. The molecule has 1 aromatic heterocycles. The van der Waals surface area contributed by atoms with Crippen LogP contribution in [0.3, 0.4) is 0 Å². The van der Waals surface area contributed by atoms with Crippen molar-refractivity contribution in [3.05, 3.63) is 48.0 Å². The number of aromatic nitrogens is 2. The van der Waals surface area contributed by atoms with Crippen molar-refractivity contribution in [3.8, 4) is 0 Å². The van der Waals surface area contributed by atoms with Crippen LogP contribution in [-0.2, 0) is 21.5 Å². The number of carboxylic acids is 1. The molecule has 0 saturated carbocycles. The zero-order chi connectivity index (χ0) is 18.6. The number of rotatable bonds is 7. The standard InChI is InChI=1S/C18H22FN3O3/c1-12(8-9-13-6-4-5-7-15(13)19)16(23)21-14-10-20-22(11-14)18(2,3)17(24)25/h4-7,10-12H,8-9H2,1-3H3,(H,21,23)(H,24,25). The smallest absolute Gasteiger partial charge is 0.331 e. The quantitative estimate of drug-likeness (QED) is 0.806. The van der Waals surface area contributed by atoms with Crippen molar-refractivity contribution in [1.29, 1.82) is 0 Å². The van der Waals surface area contributed by atoms with E-state index in [2.05, 4.69) is 10.4 Å². The highest BCUT2D eigenvalue weighted by molar-refractivity contribution is 5.92. The molecule has 0 aliphatic rings. The topological polar surface area (TPSA) is 84.2 Å². The number of nitrogens with one attached hydrogen (secondary N) is 1. The summed E-state index contributed by atoms with van der Waals surface area (Å²) in [6.07, 6.45) is 3.86. The van der Waals surface area contributed by atoms with E-state index in [9.17, 15) is 19.1 Å². The number of benzene rings is 1. The maximum absolute atomic E-state index is 13.6. The first-order chi connectivity index (χ1) is 11.7. The van der Waals surface area contributed by atoms with Gasteiger partial charge in [-0.1, -0.05) is 25.1 Å². The minimum absolute atomic E-state index is 0.218. The Kier molecular flexibility index (Phi) is 5.56. The lowest BCUT2D eigenvalue weighted by molar-refractivity contribution is -0.146. The van der Waals surface area contributed by atoms with Gasteiger partial charge in [0.05, 0.1) is 11.9 Å². The summed E-state index contributed by atoms with van der Waals surface area (Å²) in [5.41, 5.74) is -0.199. The van der Waals surface area contributed by atoms with Gasteiger partial charge in [-0.05, 0) is 38.3 Å². The molecule has 1 amide bonds. The maximum atomic E-state index is 13.6. The molecule has 0 bridgehead atoms. The highest BCUT2D eigenvalue weighted by atomic mass is 19.1. The summed E-state index contributed by atoms with van der Waals surface area (Å²) in [5.74, 6) is -1.83. The van der Waals surface area contributed by atoms with Crippen LogP contribution in [0.2, 0.25) is 0 Å². The number of aliphatic carboxylic acids is 1. The summed E-state index contributed by atoms with van der Waals surface area (Å²) in [5, 5.41) is 15.9. The predicted octanol–water partition coefficient (Wildman–Crippen LogP) is 3.05. The third kappa shape index (κ3) is 4.43. The van der Waals surface area contributed by atoms with E-state index in [1.165, 1.54) is 37.0 Å². The molecule has 1 aromatic carbocycles. The predicted molar refractivity (Wildman–Crippen MR) is 91.7 cm³/mol. The van der Waals surface area contributed by atoms with Crippen LogP contribution in [0.4, 0.5) is 10.1 Å². The van der Waals surface area contributed by atoms with E-state index in [1.807, 2.05) is 0 Å². The van der Waals surface area contributed by atoms with Crippen LogP contribution in [0.1, 0.15) is 32.8 Å². The normalized spacial score (nSPS) is 12.6. The molecule has 7 heteroatoms. The minimum atomic E-state index is -1.21. The summed E-state index contributed by atoms with van der Waals surface area (Å²) in [6, 6.07) is 6.50. The SMILES string of the molecule is CC(CCc1ccccc1F)C(=O)Nc1cnn(C(C)(C)C(=O)O)c1. The summed E-state index contributed by atoms with van der Waals surface area (Å²) >= 11 is 0. The first-order valence-corrected chi connectivity index (χ1v) is 8.04. The van der Waals surface area contributed by atoms with Gasteiger partial charge in [0.1, 0.15) is 5.82 Å². The van der Waals surface area contributed by atoms with Crippen molar-refractivity contribution in [3.63, 3.8) is 0 Å². The van der Waals surface area contributed by atoms with Gasteiger partial charge in [-0.25, -0.2) is 9.18 Å². The van der Waals surface area contributed by atoms with Gasteiger partial charge in [0.15, 0.2) is 5.54 Å². The molecule has 134 valence electrons. The fraction of sp³-hybridized carbons (Fsp3) is 0.389. The molecule has 0 aliphatic carbocycles. The van der Waals surface area contributed by atoms with Crippen molar-refractivity contribution in [2.24, 2.45) is 5.92 Å². The van der Waals surface area contributed by atoms with E-state index in [1.54, 1.807) is 25.1 Å². The Morgan fingerprint density at radius 3 is 2.68 bits per heavy atom. The number of carbonyl (C=O) groups is 2.